The molecule has 0 saturated heterocycles. The number of hydrogen-bond acceptors (Lipinski definition) is 5. The molecule has 0 saturated carbocycles. The standard InChI is InChI=1S/C4H9N3O4/c5-2(3(8)9)1-11-4(10)7-6/h2H,1,5-6H2,(H,7,10)(H,8,9). The van der Waals surface area contributed by atoms with E-state index in [4.69, 9.17) is 10.8 Å². The topological polar surface area (TPSA) is 128 Å². The first-order valence-corrected chi connectivity index (χ1v) is 2.69. The first-order chi connectivity index (χ1) is 5.07. The molecule has 1 amide bonds. The second-order valence-electron chi connectivity index (χ2n) is 1.69. The minimum Gasteiger partial charge on any atom is -0.480 e. The van der Waals surface area contributed by atoms with E-state index in [0.29, 0.717) is 0 Å². The normalized spacial score (nSPS) is 11.8. The molecular formula is C4H9N3O4. The molecule has 6 N–H and O–H groups in total. The molecule has 0 aliphatic heterocycles. The highest BCUT2D eigenvalue weighted by molar-refractivity contribution is 5.74. The number of nitrogens with one attached hydrogen (secondary N) is 1. The van der Waals surface area contributed by atoms with Crippen molar-refractivity contribution in [3.8, 4) is 0 Å². The molecule has 7 heteroatoms. The van der Waals surface area contributed by atoms with Gasteiger partial charge in [0.25, 0.3) is 0 Å². The number of aliphatic carboxylic acids is 1. The number of rotatable bonds is 3. The van der Waals surface area contributed by atoms with Gasteiger partial charge in [0.2, 0.25) is 0 Å². The summed E-state index contributed by atoms with van der Waals surface area (Å²) in [4.78, 5) is 20.3. The van der Waals surface area contributed by atoms with Gasteiger partial charge in [-0.05, 0) is 0 Å². The summed E-state index contributed by atoms with van der Waals surface area (Å²) in [6.45, 7) is -0.404. The van der Waals surface area contributed by atoms with Crippen LogP contribution in [-0.2, 0) is 9.53 Å². The van der Waals surface area contributed by atoms with Crippen molar-refractivity contribution in [3.63, 3.8) is 0 Å². The minimum absolute atomic E-state index is 0.404. The molecule has 0 heterocycles. The Kier molecular flexibility index (Phi) is 3.93. The largest absolute Gasteiger partial charge is 0.480 e. The van der Waals surface area contributed by atoms with Crippen LogP contribution in [0.25, 0.3) is 0 Å². The van der Waals surface area contributed by atoms with Gasteiger partial charge in [0.1, 0.15) is 12.6 Å². The molecule has 0 rings (SSSR count). The third-order valence-electron chi connectivity index (χ3n) is 0.829. The summed E-state index contributed by atoms with van der Waals surface area (Å²) >= 11 is 0. The Labute approximate surface area is 62.3 Å². The van der Waals surface area contributed by atoms with E-state index in [1.54, 1.807) is 5.43 Å². The SMILES string of the molecule is NNC(=O)OCC(N)C(=O)O. The van der Waals surface area contributed by atoms with Crippen LogP contribution in [0.1, 0.15) is 0 Å². The number of hydrazine groups is 1. The van der Waals surface area contributed by atoms with E-state index in [-0.39, 0.29) is 0 Å². The molecule has 0 aromatic heterocycles. The van der Waals surface area contributed by atoms with E-state index < -0.39 is 24.7 Å². The fraction of sp³-hybridized carbons (Fsp3) is 0.500. The zero-order chi connectivity index (χ0) is 8.85. The van der Waals surface area contributed by atoms with Crippen LogP contribution < -0.4 is 17.0 Å². The van der Waals surface area contributed by atoms with Crippen LogP contribution in [0, 0.1) is 0 Å². The van der Waals surface area contributed by atoms with Crippen LogP contribution in [0.3, 0.4) is 0 Å². The number of hydrogen-bond donors (Lipinski definition) is 4. The number of carbonyl (C=O) groups is 2. The van der Waals surface area contributed by atoms with E-state index in [1.165, 1.54) is 0 Å². The number of nitrogens with two attached hydrogens (primary N) is 2. The predicted molar refractivity (Wildman–Crippen MR) is 34.3 cm³/mol. The zero-order valence-electron chi connectivity index (χ0n) is 5.61. The Morgan fingerprint density at radius 2 is 2.18 bits per heavy atom. The van der Waals surface area contributed by atoms with Crippen molar-refractivity contribution in [1.82, 2.24) is 5.43 Å². The molecule has 0 aliphatic rings. The van der Waals surface area contributed by atoms with Crippen LogP contribution in [0.15, 0.2) is 0 Å². The molecule has 0 aromatic carbocycles. The average Bonchev–Trinajstić information content (AvgIpc) is 1.99. The third kappa shape index (κ3) is 4.12. The summed E-state index contributed by atoms with van der Waals surface area (Å²) in [7, 11) is 0. The van der Waals surface area contributed by atoms with Crippen molar-refractivity contribution in [2.45, 2.75) is 6.04 Å². The number of carboxylic acids is 1. The summed E-state index contributed by atoms with van der Waals surface area (Å²) in [5.41, 5.74) is 6.62. The van der Waals surface area contributed by atoms with Gasteiger partial charge in [-0.25, -0.2) is 10.6 Å². The lowest BCUT2D eigenvalue weighted by Gasteiger charge is -2.06. The van der Waals surface area contributed by atoms with Crippen LogP contribution in [0.4, 0.5) is 4.79 Å². The summed E-state index contributed by atoms with van der Waals surface area (Å²) in [5.74, 6) is 3.38. The van der Waals surface area contributed by atoms with E-state index in [0.717, 1.165) is 0 Å². The molecule has 0 spiro atoms. The monoisotopic (exact) mass is 163 g/mol. The number of carbonyl (C=O) groups excluding carboxylic acids is 1. The highest BCUT2D eigenvalue weighted by atomic mass is 16.6. The zero-order valence-corrected chi connectivity index (χ0v) is 5.61. The maximum Gasteiger partial charge on any atom is 0.421 e. The summed E-state index contributed by atoms with van der Waals surface area (Å²) in [6.07, 6.45) is -0.915. The molecule has 11 heavy (non-hydrogen) atoms. The fourth-order valence-corrected chi connectivity index (χ4v) is 0.278. The fourth-order valence-electron chi connectivity index (χ4n) is 0.278. The molecule has 0 radical (unpaired) electrons. The maximum absolute atomic E-state index is 10.2. The van der Waals surface area contributed by atoms with Gasteiger partial charge in [-0.15, -0.1) is 0 Å². The number of amides is 1. The van der Waals surface area contributed by atoms with Crippen LogP contribution in [-0.4, -0.2) is 29.8 Å². The highest BCUT2D eigenvalue weighted by Gasteiger charge is 2.13. The number of carboxylic acid groups (broad SMARTS) is 1. The van der Waals surface area contributed by atoms with Crippen molar-refractivity contribution in [1.29, 1.82) is 0 Å². The second kappa shape index (κ2) is 4.47. The third-order valence-corrected chi connectivity index (χ3v) is 0.829. The number of ether oxygens (including phenoxy) is 1. The van der Waals surface area contributed by atoms with Crippen LogP contribution >= 0.6 is 0 Å². The molecule has 0 fully saturated rings. The van der Waals surface area contributed by atoms with Gasteiger partial charge in [0, 0.05) is 0 Å². The summed E-state index contributed by atoms with van der Waals surface area (Å²) < 4.78 is 4.23. The van der Waals surface area contributed by atoms with Gasteiger partial charge < -0.3 is 15.6 Å². The Hall–Kier alpha value is -1.34. The van der Waals surface area contributed by atoms with Crippen molar-refractivity contribution in [3.05, 3.63) is 0 Å². The Bertz CT molecular complexity index is 159. The predicted octanol–water partition coefficient (Wildman–Crippen LogP) is -2.00. The highest BCUT2D eigenvalue weighted by Crippen LogP contribution is 1.81. The van der Waals surface area contributed by atoms with Crippen LogP contribution in [0.5, 0.6) is 0 Å². The van der Waals surface area contributed by atoms with Gasteiger partial charge >= 0.3 is 12.1 Å². The average molecular weight is 163 g/mol. The lowest BCUT2D eigenvalue weighted by molar-refractivity contribution is -0.139. The molecular weight excluding hydrogens is 154 g/mol. The second-order valence-corrected chi connectivity index (χ2v) is 1.69. The molecule has 64 valence electrons. The molecule has 0 bridgehead atoms. The molecule has 7 nitrogen and oxygen atoms in total. The quantitative estimate of drug-likeness (QED) is 0.216. The smallest absolute Gasteiger partial charge is 0.421 e. The maximum atomic E-state index is 10.2. The molecule has 1 atom stereocenters. The minimum atomic E-state index is -1.24. The van der Waals surface area contributed by atoms with Gasteiger partial charge in [-0.1, -0.05) is 0 Å². The molecule has 0 aromatic rings. The van der Waals surface area contributed by atoms with E-state index in [2.05, 4.69) is 10.6 Å². The van der Waals surface area contributed by atoms with Gasteiger partial charge in [-0.2, -0.15) is 0 Å². The first-order valence-electron chi connectivity index (χ1n) is 2.69. The van der Waals surface area contributed by atoms with Crippen molar-refractivity contribution in [2.24, 2.45) is 11.6 Å². The Morgan fingerprint density at radius 3 is 2.55 bits per heavy atom. The Morgan fingerprint density at radius 1 is 1.64 bits per heavy atom. The summed E-state index contributed by atoms with van der Waals surface area (Å²) in [5, 5.41) is 8.20. The van der Waals surface area contributed by atoms with Crippen molar-refractivity contribution in [2.75, 3.05) is 6.61 Å². The van der Waals surface area contributed by atoms with E-state index in [9.17, 15) is 9.59 Å². The van der Waals surface area contributed by atoms with Gasteiger partial charge in [0.15, 0.2) is 0 Å². The lowest BCUT2D eigenvalue weighted by Crippen LogP contribution is -2.39. The van der Waals surface area contributed by atoms with Crippen molar-refractivity contribution >= 4 is 12.1 Å². The molecule has 0 aliphatic carbocycles. The summed E-state index contributed by atoms with van der Waals surface area (Å²) in [6, 6.07) is -1.22. The van der Waals surface area contributed by atoms with E-state index in [1.807, 2.05) is 0 Å². The first kappa shape index (κ1) is 9.66. The van der Waals surface area contributed by atoms with E-state index >= 15 is 0 Å². The Balaban J connectivity index is 3.54. The lowest BCUT2D eigenvalue weighted by atomic mass is 10.3. The molecule has 1 unspecified atom stereocenters. The van der Waals surface area contributed by atoms with Crippen molar-refractivity contribution < 1.29 is 19.4 Å². The van der Waals surface area contributed by atoms with Crippen LogP contribution in [0.2, 0.25) is 0 Å². The van der Waals surface area contributed by atoms with Gasteiger partial charge in [0.05, 0.1) is 0 Å². The van der Waals surface area contributed by atoms with Gasteiger partial charge in [-0.3, -0.25) is 10.2 Å².